The Balaban J connectivity index is 1.69. The summed E-state index contributed by atoms with van der Waals surface area (Å²) in [7, 11) is -0.407. The lowest BCUT2D eigenvalue weighted by Gasteiger charge is -2.25. The van der Waals surface area contributed by atoms with Crippen molar-refractivity contribution < 1.29 is 0 Å². The van der Waals surface area contributed by atoms with Gasteiger partial charge in [-0.05, 0) is 35.3 Å². The van der Waals surface area contributed by atoms with Crippen molar-refractivity contribution in [2.45, 2.75) is 64.5 Å². The summed E-state index contributed by atoms with van der Waals surface area (Å²) >= 11 is 0. The fourth-order valence-electron chi connectivity index (χ4n) is 4.89. The number of rotatable bonds is 6. The van der Waals surface area contributed by atoms with Crippen LogP contribution in [0.1, 0.15) is 52.4 Å². The largest absolute Gasteiger partial charge is 0.265 e. The van der Waals surface area contributed by atoms with Crippen molar-refractivity contribution in [1.82, 2.24) is 4.67 Å². The zero-order valence-corrected chi connectivity index (χ0v) is 17.1. The molecule has 1 nitrogen and oxygen atoms in total. The van der Waals surface area contributed by atoms with Gasteiger partial charge in [-0.25, -0.2) is 0 Å². The van der Waals surface area contributed by atoms with Gasteiger partial charge >= 0.3 is 0 Å². The zero-order valence-electron chi connectivity index (χ0n) is 16.2. The lowest BCUT2D eigenvalue weighted by Crippen LogP contribution is -2.21. The molecule has 0 N–H and O–H groups in total. The van der Waals surface area contributed by atoms with Crippen molar-refractivity contribution in [2.75, 3.05) is 0 Å². The summed E-state index contributed by atoms with van der Waals surface area (Å²) < 4.78 is 2.93. The van der Waals surface area contributed by atoms with E-state index in [1.807, 2.05) is 0 Å². The third-order valence-corrected chi connectivity index (χ3v) is 9.03. The Labute approximate surface area is 160 Å². The summed E-state index contributed by atoms with van der Waals surface area (Å²) in [5, 5.41) is 3.03. The van der Waals surface area contributed by atoms with E-state index in [1.165, 1.54) is 49.1 Å². The first-order chi connectivity index (χ1) is 12.8. The molecule has 4 atom stereocenters. The zero-order chi connectivity index (χ0) is 17.9. The molecule has 1 aliphatic carbocycles. The van der Waals surface area contributed by atoms with Crippen LogP contribution in [0.5, 0.6) is 0 Å². The standard InChI is InChI=1S/C24H32NP/c1-3-19(2)23-24(20-13-7-4-8-14-20)25(23)26(21-15-9-5-10-16-21)22-17-11-6-12-18-22/h5-6,9-12,15-20,23-24H,3-4,7-8,13-14H2,1-2H3. The molecular weight excluding hydrogens is 333 g/mol. The second-order valence-corrected chi connectivity index (χ2v) is 10.2. The Hall–Kier alpha value is -1.17. The minimum Gasteiger partial charge on any atom is -0.265 e. The van der Waals surface area contributed by atoms with Gasteiger partial charge in [-0.2, -0.15) is 0 Å². The van der Waals surface area contributed by atoms with E-state index in [4.69, 9.17) is 0 Å². The smallest absolute Gasteiger partial charge is 0.0334 e. The highest BCUT2D eigenvalue weighted by Gasteiger charge is 2.56. The van der Waals surface area contributed by atoms with Crippen molar-refractivity contribution in [3.05, 3.63) is 60.7 Å². The van der Waals surface area contributed by atoms with Crippen molar-refractivity contribution in [3.8, 4) is 0 Å². The van der Waals surface area contributed by atoms with Crippen molar-refractivity contribution in [3.63, 3.8) is 0 Å². The Morgan fingerprint density at radius 3 is 1.92 bits per heavy atom. The van der Waals surface area contributed by atoms with Crippen LogP contribution in [0, 0.1) is 11.8 Å². The Bertz CT molecular complexity index is 640. The van der Waals surface area contributed by atoms with E-state index in [-0.39, 0.29) is 0 Å². The lowest BCUT2D eigenvalue weighted by molar-refractivity contribution is 0.334. The van der Waals surface area contributed by atoms with Crippen LogP contribution >= 0.6 is 8.07 Å². The highest BCUT2D eigenvalue weighted by Crippen LogP contribution is 2.58. The van der Waals surface area contributed by atoms with Gasteiger partial charge in [-0.15, -0.1) is 0 Å². The molecule has 26 heavy (non-hydrogen) atoms. The average molecular weight is 366 g/mol. The van der Waals surface area contributed by atoms with Gasteiger partial charge in [0.15, 0.2) is 0 Å². The maximum atomic E-state index is 2.93. The third kappa shape index (κ3) is 3.62. The molecule has 4 rings (SSSR count). The van der Waals surface area contributed by atoms with Crippen LogP contribution in [-0.4, -0.2) is 16.8 Å². The maximum absolute atomic E-state index is 2.93. The van der Waals surface area contributed by atoms with Gasteiger partial charge in [0.1, 0.15) is 0 Å². The summed E-state index contributed by atoms with van der Waals surface area (Å²) in [4.78, 5) is 0. The molecule has 2 aliphatic rings. The van der Waals surface area contributed by atoms with Gasteiger partial charge in [-0.1, -0.05) is 100 Å². The topological polar surface area (TPSA) is 3.01 Å². The van der Waals surface area contributed by atoms with Crippen molar-refractivity contribution in [2.24, 2.45) is 11.8 Å². The van der Waals surface area contributed by atoms with E-state index in [0.29, 0.717) is 0 Å². The lowest BCUT2D eigenvalue weighted by atomic mass is 9.84. The monoisotopic (exact) mass is 365 g/mol. The van der Waals surface area contributed by atoms with E-state index in [2.05, 4.69) is 79.2 Å². The van der Waals surface area contributed by atoms with Crippen LogP contribution < -0.4 is 10.6 Å². The fourth-order valence-corrected chi connectivity index (χ4v) is 7.79. The molecule has 0 spiro atoms. The van der Waals surface area contributed by atoms with E-state index >= 15 is 0 Å². The molecule has 1 heterocycles. The second kappa shape index (κ2) is 8.24. The molecule has 1 saturated heterocycles. The summed E-state index contributed by atoms with van der Waals surface area (Å²) in [6.45, 7) is 4.84. The molecule has 2 aromatic rings. The van der Waals surface area contributed by atoms with Crippen molar-refractivity contribution in [1.29, 1.82) is 0 Å². The number of hydrogen-bond acceptors (Lipinski definition) is 1. The van der Waals surface area contributed by atoms with Crippen LogP contribution in [-0.2, 0) is 0 Å². The van der Waals surface area contributed by atoms with Gasteiger partial charge in [0.2, 0.25) is 0 Å². The summed E-state index contributed by atoms with van der Waals surface area (Å²) in [6.07, 6.45) is 8.51. The number of benzene rings is 2. The normalized spacial score (nSPS) is 27.4. The van der Waals surface area contributed by atoms with Gasteiger partial charge < -0.3 is 0 Å². The van der Waals surface area contributed by atoms with Crippen LogP contribution in [0.2, 0.25) is 0 Å². The Kier molecular flexibility index (Phi) is 5.77. The highest BCUT2D eigenvalue weighted by atomic mass is 31.1. The van der Waals surface area contributed by atoms with Gasteiger partial charge in [0, 0.05) is 20.2 Å². The van der Waals surface area contributed by atoms with Crippen molar-refractivity contribution >= 4 is 18.7 Å². The fraction of sp³-hybridized carbons (Fsp3) is 0.500. The molecule has 2 heteroatoms. The van der Waals surface area contributed by atoms with Gasteiger partial charge in [-0.3, -0.25) is 4.67 Å². The first-order valence-electron chi connectivity index (χ1n) is 10.5. The Morgan fingerprint density at radius 2 is 1.42 bits per heavy atom. The third-order valence-electron chi connectivity index (χ3n) is 6.46. The molecule has 2 fully saturated rings. The first-order valence-corrected chi connectivity index (χ1v) is 11.8. The number of hydrogen-bond donors (Lipinski definition) is 0. The molecule has 0 amide bonds. The van der Waals surface area contributed by atoms with E-state index in [1.54, 1.807) is 0 Å². The molecule has 0 aromatic heterocycles. The SMILES string of the molecule is CCC(C)C1C(C2CCCCC2)N1P(c1ccccc1)c1ccccc1. The summed E-state index contributed by atoms with van der Waals surface area (Å²) in [5.41, 5.74) is 0. The van der Waals surface area contributed by atoms with Gasteiger partial charge in [0.25, 0.3) is 0 Å². The maximum Gasteiger partial charge on any atom is 0.0334 e. The molecule has 0 radical (unpaired) electrons. The molecule has 1 saturated carbocycles. The van der Waals surface area contributed by atoms with Crippen LogP contribution in [0.25, 0.3) is 0 Å². The van der Waals surface area contributed by atoms with E-state index < -0.39 is 8.07 Å². The van der Waals surface area contributed by atoms with Crippen LogP contribution in [0.3, 0.4) is 0 Å². The molecule has 2 aromatic carbocycles. The first kappa shape index (κ1) is 18.2. The number of nitrogens with zero attached hydrogens (tertiary/aromatic N) is 1. The summed E-state index contributed by atoms with van der Waals surface area (Å²) in [5.74, 6) is 1.71. The predicted molar refractivity (Wildman–Crippen MR) is 115 cm³/mol. The predicted octanol–water partition coefficient (Wildman–Crippen LogP) is 5.71. The molecule has 0 bridgehead atoms. The Morgan fingerprint density at radius 1 is 0.885 bits per heavy atom. The van der Waals surface area contributed by atoms with Crippen LogP contribution in [0.4, 0.5) is 0 Å². The summed E-state index contributed by atoms with van der Waals surface area (Å²) in [6, 6.07) is 24.1. The minimum atomic E-state index is -0.407. The van der Waals surface area contributed by atoms with Gasteiger partial charge in [0.05, 0.1) is 0 Å². The molecular formula is C24H32NP. The van der Waals surface area contributed by atoms with Crippen LogP contribution in [0.15, 0.2) is 60.7 Å². The van der Waals surface area contributed by atoms with E-state index in [9.17, 15) is 0 Å². The second-order valence-electron chi connectivity index (χ2n) is 8.13. The molecule has 4 unspecified atom stereocenters. The quantitative estimate of drug-likeness (QED) is 0.468. The molecule has 1 aliphatic heterocycles. The highest BCUT2D eigenvalue weighted by molar-refractivity contribution is 7.71. The minimum absolute atomic E-state index is 0.407. The van der Waals surface area contributed by atoms with E-state index in [0.717, 1.165) is 23.9 Å². The average Bonchev–Trinajstić information content (AvgIpc) is 3.45. The molecule has 138 valence electrons.